The van der Waals surface area contributed by atoms with Crippen LogP contribution in [0.2, 0.25) is 5.02 Å². The molecule has 5 heteroatoms. The Morgan fingerprint density at radius 3 is 2.67 bits per heavy atom. The van der Waals surface area contributed by atoms with Gasteiger partial charge in [-0.25, -0.2) is 9.37 Å². The smallest absolute Gasteiger partial charge is 0.166 e. The van der Waals surface area contributed by atoms with Crippen molar-refractivity contribution >= 4 is 23.1 Å². The van der Waals surface area contributed by atoms with Gasteiger partial charge in [0.15, 0.2) is 11.6 Å². The molecule has 18 heavy (non-hydrogen) atoms. The molecule has 2 rings (SSSR count). The van der Waals surface area contributed by atoms with Crippen LogP contribution in [-0.4, -0.2) is 11.5 Å². The Morgan fingerprint density at radius 1 is 1.28 bits per heavy atom. The van der Waals surface area contributed by atoms with Crippen LogP contribution in [0, 0.1) is 5.82 Å². The van der Waals surface area contributed by atoms with Gasteiger partial charge in [-0.3, -0.25) is 0 Å². The average Bonchev–Trinajstić information content (AvgIpc) is 2.34. The zero-order valence-corrected chi connectivity index (χ0v) is 10.4. The van der Waals surface area contributed by atoms with Crippen LogP contribution >= 0.6 is 11.6 Å². The molecule has 1 heterocycles. The summed E-state index contributed by atoms with van der Waals surface area (Å²) in [5, 5.41) is 3.22. The number of benzene rings is 1. The van der Waals surface area contributed by atoms with E-state index in [1.54, 1.807) is 0 Å². The molecule has 1 aromatic carbocycles. The van der Waals surface area contributed by atoms with E-state index >= 15 is 0 Å². The van der Waals surface area contributed by atoms with Gasteiger partial charge in [-0.1, -0.05) is 23.7 Å². The van der Waals surface area contributed by atoms with Gasteiger partial charge in [0.1, 0.15) is 0 Å². The largest absolute Gasteiger partial charge is 0.399 e. The second-order valence-electron chi connectivity index (χ2n) is 3.90. The highest BCUT2D eigenvalue weighted by atomic mass is 35.5. The molecule has 1 aromatic heterocycles. The van der Waals surface area contributed by atoms with Crippen molar-refractivity contribution in [2.24, 2.45) is 0 Å². The first-order chi connectivity index (χ1) is 8.65. The van der Waals surface area contributed by atoms with Gasteiger partial charge in [0.25, 0.3) is 0 Å². The van der Waals surface area contributed by atoms with E-state index in [1.807, 2.05) is 24.3 Å². The highest BCUT2D eigenvalue weighted by Gasteiger charge is 2.03. The summed E-state index contributed by atoms with van der Waals surface area (Å²) < 4.78 is 13.4. The van der Waals surface area contributed by atoms with Crippen molar-refractivity contribution in [1.82, 2.24) is 4.98 Å². The summed E-state index contributed by atoms with van der Waals surface area (Å²) in [6, 6.07) is 8.82. The molecular formula is C13H13ClFN3. The molecule has 3 N–H and O–H groups in total. The van der Waals surface area contributed by atoms with Crippen LogP contribution in [0.1, 0.15) is 5.56 Å². The summed E-state index contributed by atoms with van der Waals surface area (Å²) in [7, 11) is 0. The molecule has 0 spiro atoms. The molecule has 0 aliphatic rings. The Morgan fingerprint density at radius 2 is 2.00 bits per heavy atom. The number of hydrogen-bond donors (Lipinski definition) is 2. The minimum Gasteiger partial charge on any atom is -0.399 e. The first kappa shape index (κ1) is 12.6. The van der Waals surface area contributed by atoms with Gasteiger partial charge in [-0.05, 0) is 30.2 Å². The number of aromatic nitrogens is 1. The maximum Gasteiger partial charge on any atom is 0.166 e. The van der Waals surface area contributed by atoms with Gasteiger partial charge in [0.05, 0.1) is 5.02 Å². The predicted octanol–water partition coefficient (Wildman–Crippen LogP) is 3.11. The first-order valence-electron chi connectivity index (χ1n) is 5.54. The van der Waals surface area contributed by atoms with Crippen LogP contribution < -0.4 is 11.1 Å². The molecule has 0 aliphatic heterocycles. The second-order valence-corrected chi connectivity index (χ2v) is 4.34. The summed E-state index contributed by atoms with van der Waals surface area (Å²) in [5.41, 5.74) is 7.46. The summed E-state index contributed by atoms with van der Waals surface area (Å²) in [4.78, 5) is 3.89. The Bertz CT molecular complexity index is 528. The van der Waals surface area contributed by atoms with E-state index in [4.69, 9.17) is 17.3 Å². The Hall–Kier alpha value is -1.81. The molecule has 0 saturated carbocycles. The van der Waals surface area contributed by atoms with Crippen molar-refractivity contribution < 1.29 is 4.39 Å². The number of nitrogens with one attached hydrogen (secondary N) is 1. The van der Waals surface area contributed by atoms with Crippen molar-refractivity contribution in [2.75, 3.05) is 17.6 Å². The lowest BCUT2D eigenvalue weighted by Crippen LogP contribution is -2.07. The maximum atomic E-state index is 13.4. The van der Waals surface area contributed by atoms with E-state index in [-0.39, 0.29) is 10.8 Å². The summed E-state index contributed by atoms with van der Waals surface area (Å²) in [6.07, 6.45) is 2.18. The molecule has 0 amide bonds. The molecule has 2 aromatic rings. The Kier molecular flexibility index (Phi) is 3.99. The fourth-order valence-corrected chi connectivity index (χ4v) is 1.70. The van der Waals surface area contributed by atoms with Crippen LogP contribution in [0.5, 0.6) is 0 Å². The topological polar surface area (TPSA) is 50.9 Å². The summed E-state index contributed by atoms with van der Waals surface area (Å²) >= 11 is 5.62. The van der Waals surface area contributed by atoms with Crippen LogP contribution in [0.3, 0.4) is 0 Å². The summed E-state index contributed by atoms with van der Waals surface area (Å²) in [5.74, 6) is -0.227. The van der Waals surface area contributed by atoms with Crippen molar-refractivity contribution in [1.29, 1.82) is 0 Å². The number of rotatable bonds is 4. The lowest BCUT2D eigenvalue weighted by Gasteiger charge is -2.07. The number of nitrogen functional groups attached to an aromatic ring is 1. The van der Waals surface area contributed by atoms with Gasteiger partial charge >= 0.3 is 0 Å². The van der Waals surface area contributed by atoms with Crippen LogP contribution in [0.25, 0.3) is 0 Å². The normalized spacial score (nSPS) is 10.3. The lowest BCUT2D eigenvalue weighted by atomic mass is 10.1. The quantitative estimate of drug-likeness (QED) is 0.835. The fraction of sp³-hybridized carbons (Fsp3) is 0.154. The van der Waals surface area contributed by atoms with Crippen molar-refractivity contribution in [3.05, 3.63) is 52.9 Å². The summed E-state index contributed by atoms with van der Waals surface area (Å²) in [6.45, 7) is 0.593. The van der Waals surface area contributed by atoms with Gasteiger partial charge in [-0.15, -0.1) is 0 Å². The number of anilines is 2. The van der Waals surface area contributed by atoms with E-state index in [0.29, 0.717) is 6.54 Å². The third-order valence-electron chi connectivity index (χ3n) is 2.49. The first-order valence-corrected chi connectivity index (χ1v) is 5.92. The van der Waals surface area contributed by atoms with Gasteiger partial charge in [0.2, 0.25) is 0 Å². The predicted molar refractivity (Wildman–Crippen MR) is 72.3 cm³/mol. The van der Waals surface area contributed by atoms with E-state index < -0.39 is 5.82 Å². The molecule has 0 saturated heterocycles. The van der Waals surface area contributed by atoms with Gasteiger partial charge in [0, 0.05) is 18.4 Å². The third-order valence-corrected chi connectivity index (χ3v) is 2.70. The van der Waals surface area contributed by atoms with Crippen LogP contribution in [0.15, 0.2) is 36.5 Å². The number of pyridine rings is 1. The zero-order valence-electron chi connectivity index (χ0n) is 9.66. The fourth-order valence-electron chi connectivity index (χ4n) is 1.55. The van der Waals surface area contributed by atoms with E-state index in [1.165, 1.54) is 12.3 Å². The molecule has 0 unspecified atom stereocenters. The molecular weight excluding hydrogens is 253 g/mol. The molecule has 0 atom stereocenters. The minimum absolute atomic E-state index is 0.217. The third kappa shape index (κ3) is 3.34. The lowest BCUT2D eigenvalue weighted by molar-refractivity contribution is 0.624. The van der Waals surface area contributed by atoms with E-state index in [2.05, 4.69) is 10.3 Å². The highest BCUT2D eigenvalue weighted by Crippen LogP contribution is 2.15. The van der Waals surface area contributed by atoms with Crippen LogP contribution in [-0.2, 0) is 6.42 Å². The second kappa shape index (κ2) is 5.69. The number of halogens is 2. The zero-order chi connectivity index (χ0) is 13.0. The van der Waals surface area contributed by atoms with Crippen molar-refractivity contribution in [2.45, 2.75) is 6.42 Å². The van der Waals surface area contributed by atoms with Crippen molar-refractivity contribution in [3.63, 3.8) is 0 Å². The van der Waals surface area contributed by atoms with Crippen LogP contribution in [0.4, 0.5) is 15.9 Å². The molecule has 3 nitrogen and oxygen atoms in total. The van der Waals surface area contributed by atoms with E-state index in [0.717, 1.165) is 17.7 Å². The van der Waals surface area contributed by atoms with Crippen molar-refractivity contribution in [3.8, 4) is 0 Å². The average molecular weight is 266 g/mol. The minimum atomic E-state index is -0.445. The maximum absolute atomic E-state index is 13.4. The number of hydrogen-bond acceptors (Lipinski definition) is 3. The molecule has 0 radical (unpaired) electrons. The number of nitrogens with zero attached hydrogens (tertiary/aromatic N) is 1. The monoisotopic (exact) mass is 265 g/mol. The standard InChI is InChI=1S/C13H13ClFN3/c14-10-7-12(15)13(18-8-10)17-6-5-9-1-3-11(16)4-2-9/h1-4,7-8H,5-6,16H2,(H,17,18). The van der Waals surface area contributed by atoms with Gasteiger partial charge < -0.3 is 11.1 Å². The molecule has 94 valence electrons. The Labute approximate surface area is 110 Å². The Balaban J connectivity index is 1.90. The molecule has 0 aliphatic carbocycles. The van der Waals surface area contributed by atoms with E-state index in [9.17, 15) is 4.39 Å². The molecule has 0 bridgehead atoms. The number of nitrogens with two attached hydrogens (primary N) is 1. The molecule has 0 fully saturated rings. The van der Waals surface area contributed by atoms with Gasteiger partial charge in [-0.2, -0.15) is 0 Å². The highest BCUT2D eigenvalue weighted by molar-refractivity contribution is 6.30. The SMILES string of the molecule is Nc1ccc(CCNc2ncc(Cl)cc2F)cc1.